The summed E-state index contributed by atoms with van der Waals surface area (Å²) in [5, 5.41) is 0. The maximum absolute atomic E-state index is 12.2. The van der Waals surface area contributed by atoms with Crippen LogP contribution in [0.5, 0.6) is 0 Å². The molecule has 1 heterocycles. The van der Waals surface area contributed by atoms with Gasteiger partial charge in [-0.25, -0.2) is 0 Å². The first-order valence-corrected chi connectivity index (χ1v) is 7.16. The van der Waals surface area contributed by atoms with Crippen LogP contribution in [-0.4, -0.2) is 55.0 Å². The molecule has 122 valence electrons. The number of hydrogen-bond acceptors (Lipinski definition) is 3. The highest BCUT2D eigenvalue weighted by molar-refractivity contribution is 5.85. The monoisotopic (exact) mass is 327 g/mol. The van der Waals surface area contributed by atoms with Crippen LogP contribution in [0.4, 0.5) is 0 Å². The quantitative estimate of drug-likeness (QED) is 0.811. The number of carbonyl (C=O) groups excluding carboxylic acids is 1. The van der Waals surface area contributed by atoms with Crippen LogP contribution >= 0.6 is 24.8 Å². The van der Waals surface area contributed by atoms with Crippen molar-refractivity contribution in [1.29, 1.82) is 0 Å². The molecular formula is C14H31Cl2N3O. The van der Waals surface area contributed by atoms with E-state index in [0.29, 0.717) is 11.8 Å². The molecule has 0 aromatic rings. The van der Waals surface area contributed by atoms with Crippen molar-refractivity contribution in [3.63, 3.8) is 0 Å². The lowest BCUT2D eigenvalue weighted by Gasteiger charge is -2.23. The molecule has 4 nitrogen and oxygen atoms in total. The average molecular weight is 328 g/mol. The Morgan fingerprint density at radius 2 is 2.00 bits per heavy atom. The van der Waals surface area contributed by atoms with Gasteiger partial charge in [0.1, 0.15) is 0 Å². The maximum Gasteiger partial charge on any atom is 0.239 e. The molecule has 0 aromatic heterocycles. The molecule has 0 bridgehead atoms. The molecule has 6 heteroatoms. The molecule has 0 radical (unpaired) electrons. The first-order valence-electron chi connectivity index (χ1n) is 7.16. The van der Waals surface area contributed by atoms with Gasteiger partial charge in [-0.2, -0.15) is 0 Å². The van der Waals surface area contributed by atoms with E-state index in [1.165, 1.54) is 0 Å². The van der Waals surface area contributed by atoms with Crippen LogP contribution in [0.1, 0.15) is 33.6 Å². The summed E-state index contributed by atoms with van der Waals surface area (Å²) in [6.45, 7) is 10.3. The summed E-state index contributed by atoms with van der Waals surface area (Å²) in [5.74, 6) is 1.24. The minimum atomic E-state index is -0.312. The summed E-state index contributed by atoms with van der Waals surface area (Å²) >= 11 is 0. The van der Waals surface area contributed by atoms with E-state index < -0.39 is 0 Å². The molecule has 1 aliphatic heterocycles. The van der Waals surface area contributed by atoms with Crippen molar-refractivity contribution in [2.24, 2.45) is 17.6 Å². The summed E-state index contributed by atoms with van der Waals surface area (Å²) in [4.78, 5) is 16.4. The van der Waals surface area contributed by atoms with E-state index >= 15 is 0 Å². The van der Waals surface area contributed by atoms with Crippen molar-refractivity contribution in [2.75, 3.05) is 33.2 Å². The number of amides is 1. The zero-order valence-electron chi connectivity index (χ0n) is 13.2. The van der Waals surface area contributed by atoms with E-state index in [-0.39, 0.29) is 36.8 Å². The van der Waals surface area contributed by atoms with Crippen LogP contribution in [0.15, 0.2) is 0 Å². The van der Waals surface area contributed by atoms with E-state index in [2.05, 4.69) is 32.7 Å². The largest absolute Gasteiger partial charge is 0.341 e. The molecule has 0 aliphatic carbocycles. The third kappa shape index (κ3) is 7.11. The number of rotatable bonds is 6. The predicted octanol–water partition coefficient (Wildman–Crippen LogP) is 2.00. The molecule has 0 saturated carbocycles. The molecule has 20 heavy (non-hydrogen) atoms. The van der Waals surface area contributed by atoms with Gasteiger partial charge < -0.3 is 15.5 Å². The SMILES string of the molecule is CCN(C)CC1CCN(C(=O)[C@@H](N)CC(C)C)C1.Cl.Cl. The first kappa shape index (κ1) is 22.3. The van der Waals surface area contributed by atoms with Crippen molar-refractivity contribution >= 4 is 30.7 Å². The highest BCUT2D eigenvalue weighted by atomic mass is 35.5. The molecule has 0 aromatic carbocycles. The van der Waals surface area contributed by atoms with Crippen LogP contribution in [0, 0.1) is 11.8 Å². The van der Waals surface area contributed by atoms with Gasteiger partial charge in [-0.05, 0) is 38.3 Å². The highest BCUT2D eigenvalue weighted by Gasteiger charge is 2.29. The van der Waals surface area contributed by atoms with Crippen molar-refractivity contribution in [2.45, 2.75) is 39.7 Å². The number of hydrogen-bond donors (Lipinski definition) is 1. The Morgan fingerprint density at radius 1 is 1.40 bits per heavy atom. The Bertz CT molecular complexity index is 277. The minimum Gasteiger partial charge on any atom is -0.341 e. The Labute approximate surface area is 136 Å². The zero-order chi connectivity index (χ0) is 13.7. The standard InChI is InChI=1S/C14H29N3O.2ClH/c1-5-16(4)9-12-6-7-17(10-12)14(18)13(15)8-11(2)3;;/h11-13H,5-10,15H2,1-4H3;2*1H/t12?,13-;;/m0../s1. The van der Waals surface area contributed by atoms with Gasteiger partial charge in [0, 0.05) is 19.6 Å². The van der Waals surface area contributed by atoms with E-state index in [1.807, 2.05) is 4.90 Å². The molecule has 1 unspecified atom stereocenters. The second kappa shape index (κ2) is 10.7. The van der Waals surface area contributed by atoms with Gasteiger partial charge in [0.2, 0.25) is 5.91 Å². The van der Waals surface area contributed by atoms with Gasteiger partial charge in [-0.15, -0.1) is 24.8 Å². The van der Waals surface area contributed by atoms with Crippen molar-refractivity contribution in [3.05, 3.63) is 0 Å². The van der Waals surface area contributed by atoms with Gasteiger partial charge in [-0.3, -0.25) is 4.79 Å². The summed E-state index contributed by atoms with van der Waals surface area (Å²) in [7, 11) is 2.13. The molecule has 1 saturated heterocycles. The smallest absolute Gasteiger partial charge is 0.239 e. The Balaban J connectivity index is 0. The molecular weight excluding hydrogens is 297 g/mol. The Morgan fingerprint density at radius 3 is 2.50 bits per heavy atom. The molecule has 1 amide bonds. The molecule has 2 N–H and O–H groups in total. The van der Waals surface area contributed by atoms with E-state index in [1.54, 1.807) is 0 Å². The fraction of sp³-hybridized carbons (Fsp3) is 0.929. The van der Waals surface area contributed by atoms with Crippen molar-refractivity contribution in [1.82, 2.24) is 9.80 Å². The molecule has 1 fully saturated rings. The molecule has 1 rings (SSSR count). The summed E-state index contributed by atoms with van der Waals surface area (Å²) < 4.78 is 0. The van der Waals surface area contributed by atoms with Crippen molar-refractivity contribution < 1.29 is 4.79 Å². The fourth-order valence-corrected chi connectivity index (χ4v) is 2.59. The average Bonchev–Trinajstić information content (AvgIpc) is 2.75. The van der Waals surface area contributed by atoms with Crippen LogP contribution < -0.4 is 5.73 Å². The van der Waals surface area contributed by atoms with Gasteiger partial charge in [-0.1, -0.05) is 20.8 Å². The number of nitrogens with two attached hydrogens (primary N) is 1. The van der Waals surface area contributed by atoms with E-state index in [9.17, 15) is 4.79 Å². The van der Waals surface area contributed by atoms with Gasteiger partial charge in [0.15, 0.2) is 0 Å². The van der Waals surface area contributed by atoms with Gasteiger partial charge >= 0.3 is 0 Å². The van der Waals surface area contributed by atoms with E-state index in [4.69, 9.17) is 5.73 Å². The van der Waals surface area contributed by atoms with Crippen LogP contribution in [0.25, 0.3) is 0 Å². The third-order valence-electron chi connectivity index (χ3n) is 3.75. The summed E-state index contributed by atoms with van der Waals surface area (Å²) in [6, 6.07) is -0.312. The third-order valence-corrected chi connectivity index (χ3v) is 3.75. The van der Waals surface area contributed by atoms with E-state index in [0.717, 1.165) is 39.0 Å². The highest BCUT2D eigenvalue weighted by Crippen LogP contribution is 2.18. The van der Waals surface area contributed by atoms with Crippen molar-refractivity contribution in [3.8, 4) is 0 Å². The summed E-state index contributed by atoms with van der Waals surface area (Å²) in [6.07, 6.45) is 1.90. The Hall–Kier alpha value is -0.0300. The fourth-order valence-electron chi connectivity index (χ4n) is 2.59. The number of nitrogens with zero attached hydrogens (tertiary/aromatic N) is 2. The number of likely N-dealkylation sites (tertiary alicyclic amines) is 1. The normalized spacial score (nSPS) is 19.8. The number of carbonyl (C=O) groups is 1. The summed E-state index contributed by atoms with van der Waals surface area (Å²) in [5.41, 5.74) is 5.97. The zero-order valence-corrected chi connectivity index (χ0v) is 14.8. The topological polar surface area (TPSA) is 49.6 Å². The second-order valence-electron chi connectivity index (χ2n) is 6.03. The van der Waals surface area contributed by atoms with Crippen LogP contribution in [0.3, 0.4) is 0 Å². The molecule has 1 aliphatic rings. The van der Waals surface area contributed by atoms with Crippen LogP contribution in [-0.2, 0) is 4.79 Å². The predicted molar refractivity (Wildman–Crippen MR) is 89.8 cm³/mol. The lowest BCUT2D eigenvalue weighted by molar-refractivity contribution is -0.132. The number of halogens is 2. The maximum atomic E-state index is 12.2. The minimum absolute atomic E-state index is 0. The second-order valence-corrected chi connectivity index (χ2v) is 6.03. The lowest BCUT2D eigenvalue weighted by Crippen LogP contribution is -2.43. The van der Waals surface area contributed by atoms with Gasteiger partial charge in [0.05, 0.1) is 6.04 Å². The Kier molecular flexibility index (Phi) is 11.9. The first-order chi connectivity index (χ1) is 8.43. The molecule has 2 atom stereocenters. The molecule has 0 spiro atoms. The van der Waals surface area contributed by atoms with Crippen LogP contribution in [0.2, 0.25) is 0 Å². The lowest BCUT2D eigenvalue weighted by atomic mass is 10.0. The van der Waals surface area contributed by atoms with Gasteiger partial charge in [0.25, 0.3) is 0 Å².